The van der Waals surface area contributed by atoms with E-state index in [0.717, 1.165) is 0 Å². The lowest BCUT2D eigenvalue weighted by Gasteiger charge is -1.91. The van der Waals surface area contributed by atoms with Crippen molar-refractivity contribution in [3.05, 3.63) is 0 Å². The third-order valence-electron chi connectivity index (χ3n) is 1.72. The van der Waals surface area contributed by atoms with Crippen molar-refractivity contribution >= 4 is 47.3 Å². The molecule has 0 rings (SSSR count). The quantitative estimate of drug-likeness (QED) is 0.139. The van der Waals surface area contributed by atoms with Gasteiger partial charge in [0.1, 0.15) is 0 Å². The minimum absolute atomic E-state index is 0. The molecule has 0 aromatic heterocycles. The number of carbonyl (C=O) groups is 8. The van der Waals surface area contributed by atoms with Gasteiger partial charge in [0, 0.05) is 9.99 Å². The van der Waals surface area contributed by atoms with E-state index in [2.05, 4.69) is 35.5 Å². The highest BCUT2D eigenvalue weighted by Gasteiger charge is 2.35. The van der Waals surface area contributed by atoms with Crippen LogP contribution in [0.4, 0.5) is 0 Å². The summed E-state index contributed by atoms with van der Waals surface area (Å²) in [5, 5.41) is 0. The van der Waals surface area contributed by atoms with Crippen molar-refractivity contribution in [3.8, 4) is 35.5 Å². The Kier molecular flexibility index (Phi) is 89.3. The first-order valence-corrected chi connectivity index (χ1v) is 5.77. The smallest absolute Gasteiger partial charge is 0.281 e. The minimum atomic E-state index is -2.13. The highest BCUT2D eigenvalue weighted by Crippen LogP contribution is 1.86. The lowest BCUT2D eigenvalue weighted by molar-refractivity contribution is -0.153. The van der Waals surface area contributed by atoms with Crippen LogP contribution in [0.15, 0.2) is 0 Å². The topological polar surface area (TPSA) is 389 Å². The van der Waals surface area contributed by atoms with Gasteiger partial charge in [-0.3, -0.25) is 38.4 Å². The molecular weight excluding hydrogens is 460 g/mol. The fraction of sp³-hybridized carbons (Fsp3) is 0.176. The summed E-state index contributed by atoms with van der Waals surface area (Å²) in [5.74, 6) is 3.53. The second-order valence-corrected chi connectivity index (χ2v) is 3.28. The molecule has 0 aliphatic heterocycles. The van der Waals surface area contributed by atoms with Crippen molar-refractivity contribution in [2.45, 2.75) is 21.3 Å². The third kappa shape index (κ3) is 30.0. The second kappa shape index (κ2) is 42.0. The summed E-state index contributed by atoms with van der Waals surface area (Å²) < 4.78 is 0. The largest absolute Gasteiger partial charge is 0.412 e. The fourth-order valence-corrected chi connectivity index (χ4v) is 0.725. The van der Waals surface area contributed by atoms with Crippen LogP contribution in [0, 0.1) is 35.5 Å². The van der Waals surface area contributed by atoms with Crippen molar-refractivity contribution < 1.29 is 92.2 Å². The number of hydrogen-bond acceptors (Lipinski definition) is 8. The number of ketones is 6. The maximum atomic E-state index is 10.7. The maximum absolute atomic E-state index is 10.7. The zero-order valence-corrected chi connectivity index (χ0v) is 16.4. The lowest BCUT2D eigenvalue weighted by Crippen LogP contribution is -2.38. The molecule has 0 heterocycles. The number of aldehydes is 2. The molecule has 16 N–H and O–H groups in total. The van der Waals surface area contributed by atoms with Gasteiger partial charge in [0.2, 0.25) is 0 Å². The zero-order valence-electron chi connectivity index (χ0n) is 16.4. The fourth-order valence-electron chi connectivity index (χ4n) is 0.725. The number of Topliss-reactive ketones (excluding diaryl/α,β-unsaturated/α-hetero) is 6. The van der Waals surface area contributed by atoms with E-state index in [1.807, 2.05) is 0 Å². The summed E-state index contributed by atoms with van der Waals surface area (Å²) in [5.41, 5.74) is 0. The molecule has 0 aliphatic carbocycles. The summed E-state index contributed by atoms with van der Waals surface area (Å²) in [4.78, 5) is 83.0. The molecule has 16 heteroatoms. The van der Waals surface area contributed by atoms with Crippen LogP contribution in [0.3, 0.4) is 0 Å². The molecule has 33 heavy (non-hydrogen) atoms. The Labute approximate surface area is 197 Å². The van der Waals surface area contributed by atoms with Crippen LogP contribution < -0.4 is 0 Å². The van der Waals surface area contributed by atoms with Crippen molar-refractivity contribution in [2.24, 2.45) is 0 Å². The second-order valence-electron chi connectivity index (χ2n) is 3.28. The van der Waals surface area contributed by atoms with Gasteiger partial charge in [-0.05, 0) is 37.5 Å². The van der Waals surface area contributed by atoms with Gasteiger partial charge in [-0.25, -0.2) is 0 Å². The molecule has 0 unspecified atom stereocenters. The van der Waals surface area contributed by atoms with Crippen LogP contribution in [0.1, 0.15) is 31.3 Å². The van der Waals surface area contributed by atoms with E-state index in [1.54, 1.807) is 13.8 Å². The van der Waals surface area contributed by atoms with E-state index in [-0.39, 0.29) is 61.2 Å². The standard InChI is InChI=1S/C8H2O8.C8H6.CH4.8H2O.7H2/c9-1-3(11)5(13)7(15)8(16)6(14)4(12)2-10;1-3-5-7-8-6-4-2;;;;;;;;;;;;;;;;/h1-2H;1-2H3;1H4;8*1H2;7*1H/i;;;;;;;;;;;1+1;;;;;;. The molecule has 0 aromatic rings. The number of hydrogen-bond donors (Lipinski definition) is 0. The average Bonchev–Trinajstić information content (AvgIpc) is 2.61. The molecule has 0 saturated heterocycles. The van der Waals surface area contributed by atoms with Gasteiger partial charge in [0.15, 0.2) is 12.6 Å². The van der Waals surface area contributed by atoms with Crippen LogP contribution in [0.5, 0.6) is 0 Å². The normalized spacial score (nSPS) is 5.15. The predicted octanol–water partition coefficient (Wildman–Crippen LogP) is -6.40. The first-order valence-electron chi connectivity index (χ1n) is 5.77. The van der Waals surface area contributed by atoms with Gasteiger partial charge in [0.05, 0.1) is 0 Å². The minimum Gasteiger partial charge on any atom is -0.412 e. The summed E-state index contributed by atoms with van der Waals surface area (Å²) >= 11 is 0. The van der Waals surface area contributed by atoms with Gasteiger partial charge < -0.3 is 43.8 Å². The molecule has 0 saturated carbocycles. The van der Waals surface area contributed by atoms with E-state index in [0.29, 0.717) is 0 Å². The zero-order chi connectivity index (χ0) is 19.1. The lowest BCUT2D eigenvalue weighted by atomic mass is 10.0. The van der Waals surface area contributed by atoms with Crippen LogP contribution in [-0.4, -0.2) is 91.1 Å². The van der Waals surface area contributed by atoms with Crippen molar-refractivity contribution in [1.29, 1.82) is 0 Å². The SMILES string of the molecule is C.CC#CC#CC#CC.O.O.O.O.O.O.O.O.O=CC(=O)C(=O)C(=O)C(=O)C(=O)C(=O)C=O.[2HH].[HH].[HH].[HH].[HH].[HH].[HH]. The molecular formula is C17H42O16. The Hall–Kier alpha value is -4.28. The Morgan fingerprint density at radius 2 is 0.727 bits per heavy atom. The molecule has 0 fully saturated rings. The van der Waals surface area contributed by atoms with Crippen LogP contribution in [0.25, 0.3) is 0 Å². The van der Waals surface area contributed by atoms with E-state index in [9.17, 15) is 38.4 Å². The monoisotopic (exact) mass is 503 g/mol. The molecule has 0 amide bonds. The molecule has 0 spiro atoms. The first-order chi connectivity index (χ1) is 11.3. The molecule has 0 bridgehead atoms. The summed E-state index contributed by atoms with van der Waals surface area (Å²) in [6.45, 7) is 3.49. The predicted molar refractivity (Wildman–Crippen MR) is 127 cm³/mol. The maximum Gasteiger partial charge on any atom is 0.281 e. The van der Waals surface area contributed by atoms with E-state index in [1.165, 1.54) is 0 Å². The molecule has 0 atom stereocenters. The number of rotatable bonds is 7. The average molecular weight is 504 g/mol. The van der Waals surface area contributed by atoms with Crippen molar-refractivity contribution in [3.63, 3.8) is 0 Å². The van der Waals surface area contributed by atoms with Crippen LogP contribution >= 0.6 is 0 Å². The molecule has 0 aromatic carbocycles. The van der Waals surface area contributed by atoms with Crippen LogP contribution in [-0.2, 0) is 38.4 Å². The summed E-state index contributed by atoms with van der Waals surface area (Å²) in [6, 6.07) is 0. The highest BCUT2D eigenvalue weighted by atomic mass is 16.2. The van der Waals surface area contributed by atoms with E-state index < -0.39 is 47.3 Å². The summed E-state index contributed by atoms with van der Waals surface area (Å²) in [7, 11) is 0. The molecule has 16 nitrogen and oxygen atoms in total. The Morgan fingerprint density at radius 3 is 0.879 bits per heavy atom. The van der Waals surface area contributed by atoms with E-state index in [4.69, 9.17) is 0 Å². The van der Waals surface area contributed by atoms with Gasteiger partial charge in [-0.1, -0.05) is 19.3 Å². The molecule has 206 valence electrons. The first kappa shape index (κ1) is 70.3. The number of carbonyl (C=O) groups excluding carboxylic acids is 8. The highest BCUT2D eigenvalue weighted by molar-refractivity contribution is 6.96. The van der Waals surface area contributed by atoms with Crippen molar-refractivity contribution in [2.75, 3.05) is 0 Å². The summed E-state index contributed by atoms with van der Waals surface area (Å²) in [6.07, 6.45) is -1.06. The van der Waals surface area contributed by atoms with Crippen molar-refractivity contribution in [1.82, 2.24) is 0 Å². The van der Waals surface area contributed by atoms with Gasteiger partial charge >= 0.3 is 0 Å². The molecule has 0 radical (unpaired) electrons. The van der Waals surface area contributed by atoms with E-state index >= 15 is 0 Å². The van der Waals surface area contributed by atoms with Gasteiger partial charge in [0.25, 0.3) is 34.7 Å². The Balaban J connectivity index is -0.0000000116. The van der Waals surface area contributed by atoms with Gasteiger partial charge in [-0.2, -0.15) is 0 Å². The third-order valence-corrected chi connectivity index (χ3v) is 1.72. The molecule has 0 aliphatic rings. The Morgan fingerprint density at radius 1 is 0.515 bits per heavy atom. The van der Waals surface area contributed by atoms with Crippen LogP contribution in [0.2, 0.25) is 0 Å². The Bertz CT molecular complexity index is 766. The van der Waals surface area contributed by atoms with Gasteiger partial charge in [-0.15, -0.1) is 0 Å².